The summed E-state index contributed by atoms with van der Waals surface area (Å²) in [4.78, 5) is 11.8. The van der Waals surface area contributed by atoms with Crippen LogP contribution in [0.15, 0.2) is 12.4 Å². The number of nitrogens with one attached hydrogen (secondary N) is 2. The zero-order valence-corrected chi connectivity index (χ0v) is 10.8. The van der Waals surface area contributed by atoms with Crippen LogP contribution in [0.25, 0.3) is 0 Å². The van der Waals surface area contributed by atoms with Crippen LogP contribution < -0.4 is 10.6 Å². The first-order valence-electron chi connectivity index (χ1n) is 6.40. The third-order valence-electron chi connectivity index (χ3n) is 3.10. The highest BCUT2D eigenvalue weighted by Crippen LogP contribution is 2.15. The van der Waals surface area contributed by atoms with E-state index >= 15 is 0 Å². The average molecular weight is 252 g/mol. The number of hydrogen-bond acceptors (Lipinski definition) is 3. The van der Waals surface area contributed by atoms with Crippen LogP contribution in [0.1, 0.15) is 26.7 Å². The van der Waals surface area contributed by atoms with Gasteiger partial charge in [0.15, 0.2) is 0 Å². The number of anilines is 1. The van der Waals surface area contributed by atoms with Crippen molar-refractivity contribution in [1.29, 1.82) is 0 Å². The molecule has 1 aromatic heterocycles. The quantitative estimate of drug-likeness (QED) is 0.855. The predicted molar refractivity (Wildman–Crippen MR) is 68.5 cm³/mol. The molecular weight excluding hydrogens is 232 g/mol. The zero-order valence-electron chi connectivity index (χ0n) is 10.8. The Morgan fingerprint density at radius 3 is 3.17 bits per heavy atom. The van der Waals surface area contributed by atoms with Crippen LogP contribution in [-0.4, -0.2) is 34.6 Å². The summed E-state index contributed by atoms with van der Waals surface area (Å²) < 4.78 is 7.29. The van der Waals surface area contributed by atoms with E-state index in [-0.39, 0.29) is 18.2 Å². The average Bonchev–Trinajstić information content (AvgIpc) is 2.98. The molecule has 6 nitrogen and oxygen atoms in total. The van der Waals surface area contributed by atoms with Gasteiger partial charge in [-0.3, -0.25) is 4.68 Å². The van der Waals surface area contributed by atoms with Crippen LogP contribution >= 0.6 is 0 Å². The standard InChI is InChI=1S/C12H20N4O2/c1-3-16-8-10(7-13-16)15-12(17)14-9(2)11-5-4-6-18-11/h7-9,11H,3-6H2,1-2H3,(H2,14,15,17)/t9-,11+/m1/s1. The Kier molecular flexibility index (Phi) is 4.19. The Morgan fingerprint density at radius 2 is 2.56 bits per heavy atom. The molecule has 1 aliphatic rings. The molecule has 0 unspecified atom stereocenters. The first-order valence-corrected chi connectivity index (χ1v) is 6.40. The fourth-order valence-electron chi connectivity index (χ4n) is 2.06. The van der Waals surface area contributed by atoms with Crippen LogP contribution in [0.2, 0.25) is 0 Å². The van der Waals surface area contributed by atoms with Gasteiger partial charge in [0.05, 0.1) is 24.0 Å². The molecule has 18 heavy (non-hydrogen) atoms. The molecular formula is C12H20N4O2. The van der Waals surface area contributed by atoms with Crippen molar-refractivity contribution < 1.29 is 9.53 Å². The summed E-state index contributed by atoms with van der Waals surface area (Å²) in [5.41, 5.74) is 0.703. The van der Waals surface area contributed by atoms with Gasteiger partial charge in [-0.1, -0.05) is 0 Å². The van der Waals surface area contributed by atoms with Gasteiger partial charge in [-0.15, -0.1) is 0 Å². The lowest BCUT2D eigenvalue weighted by atomic mass is 10.1. The number of aromatic nitrogens is 2. The number of amides is 2. The monoisotopic (exact) mass is 252 g/mol. The zero-order chi connectivity index (χ0) is 13.0. The SMILES string of the molecule is CCn1cc(NC(=O)N[C@H](C)[C@@H]2CCCO2)cn1. The lowest BCUT2D eigenvalue weighted by Gasteiger charge is -2.19. The number of carbonyl (C=O) groups excluding carboxylic acids is 1. The second-order valence-corrected chi connectivity index (χ2v) is 4.52. The summed E-state index contributed by atoms with van der Waals surface area (Å²) >= 11 is 0. The minimum atomic E-state index is -0.214. The summed E-state index contributed by atoms with van der Waals surface area (Å²) in [6, 6.07) is -0.192. The van der Waals surface area contributed by atoms with Crippen molar-refractivity contribution in [3.05, 3.63) is 12.4 Å². The summed E-state index contributed by atoms with van der Waals surface area (Å²) in [6.07, 6.45) is 5.65. The van der Waals surface area contributed by atoms with Crippen molar-refractivity contribution >= 4 is 11.7 Å². The van der Waals surface area contributed by atoms with Gasteiger partial charge in [-0.25, -0.2) is 4.79 Å². The number of ether oxygens (including phenoxy) is 1. The van der Waals surface area contributed by atoms with Crippen molar-refractivity contribution in [2.45, 2.75) is 45.4 Å². The highest BCUT2D eigenvalue weighted by atomic mass is 16.5. The minimum Gasteiger partial charge on any atom is -0.376 e. The summed E-state index contributed by atoms with van der Waals surface area (Å²) in [5.74, 6) is 0. The van der Waals surface area contributed by atoms with E-state index in [0.717, 1.165) is 26.0 Å². The third kappa shape index (κ3) is 3.22. The Hall–Kier alpha value is -1.56. The van der Waals surface area contributed by atoms with E-state index in [4.69, 9.17) is 4.74 Å². The predicted octanol–water partition coefficient (Wildman–Crippen LogP) is 1.59. The molecule has 0 saturated carbocycles. The van der Waals surface area contributed by atoms with Crippen molar-refractivity contribution in [2.75, 3.05) is 11.9 Å². The highest BCUT2D eigenvalue weighted by Gasteiger charge is 2.23. The number of urea groups is 1. The molecule has 6 heteroatoms. The van der Waals surface area contributed by atoms with Gasteiger partial charge in [0.2, 0.25) is 0 Å². The maximum Gasteiger partial charge on any atom is 0.319 e. The molecule has 0 radical (unpaired) electrons. The van der Waals surface area contributed by atoms with Crippen LogP contribution in [0.3, 0.4) is 0 Å². The lowest BCUT2D eigenvalue weighted by Crippen LogP contribution is -2.42. The summed E-state index contributed by atoms with van der Waals surface area (Å²) in [7, 11) is 0. The van der Waals surface area contributed by atoms with Gasteiger partial charge in [-0.05, 0) is 26.7 Å². The van der Waals surface area contributed by atoms with E-state index in [1.807, 2.05) is 13.8 Å². The number of carbonyl (C=O) groups is 1. The number of nitrogens with zero attached hydrogens (tertiary/aromatic N) is 2. The molecule has 2 heterocycles. The van der Waals surface area contributed by atoms with E-state index in [9.17, 15) is 4.79 Å². The third-order valence-corrected chi connectivity index (χ3v) is 3.10. The molecule has 2 amide bonds. The summed E-state index contributed by atoms with van der Waals surface area (Å²) in [6.45, 7) is 5.54. The maximum atomic E-state index is 11.8. The Morgan fingerprint density at radius 1 is 1.72 bits per heavy atom. The fraction of sp³-hybridized carbons (Fsp3) is 0.667. The second-order valence-electron chi connectivity index (χ2n) is 4.52. The largest absolute Gasteiger partial charge is 0.376 e. The number of aryl methyl sites for hydroxylation is 1. The Bertz CT molecular complexity index is 399. The lowest BCUT2D eigenvalue weighted by molar-refractivity contribution is 0.0868. The summed E-state index contributed by atoms with van der Waals surface area (Å²) in [5, 5.41) is 9.74. The van der Waals surface area contributed by atoms with Crippen molar-refractivity contribution in [2.24, 2.45) is 0 Å². The second kappa shape index (κ2) is 5.86. The molecule has 1 saturated heterocycles. The van der Waals surface area contributed by atoms with E-state index in [2.05, 4.69) is 15.7 Å². The molecule has 1 aliphatic heterocycles. The molecule has 1 aromatic rings. The van der Waals surface area contributed by atoms with Crippen molar-refractivity contribution in [3.8, 4) is 0 Å². The molecule has 2 N–H and O–H groups in total. The minimum absolute atomic E-state index is 0.0220. The molecule has 0 spiro atoms. The van der Waals surface area contributed by atoms with Gasteiger partial charge in [0, 0.05) is 19.3 Å². The van der Waals surface area contributed by atoms with E-state index < -0.39 is 0 Å². The molecule has 0 aromatic carbocycles. The van der Waals surface area contributed by atoms with Gasteiger partial charge in [0.25, 0.3) is 0 Å². The fourth-order valence-corrected chi connectivity index (χ4v) is 2.06. The van der Waals surface area contributed by atoms with Crippen LogP contribution in [-0.2, 0) is 11.3 Å². The molecule has 1 fully saturated rings. The topological polar surface area (TPSA) is 68.2 Å². The Labute approximate surface area is 107 Å². The van der Waals surface area contributed by atoms with E-state index in [1.54, 1.807) is 17.1 Å². The van der Waals surface area contributed by atoms with Crippen molar-refractivity contribution in [3.63, 3.8) is 0 Å². The van der Waals surface area contributed by atoms with Gasteiger partial charge in [-0.2, -0.15) is 5.10 Å². The van der Waals surface area contributed by atoms with Crippen LogP contribution in [0.4, 0.5) is 10.5 Å². The van der Waals surface area contributed by atoms with Crippen LogP contribution in [0, 0.1) is 0 Å². The molecule has 0 aliphatic carbocycles. The smallest absolute Gasteiger partial charge is 0.319 e. The van der Waals surface area contributed by atoms with Crippen LogP contribution in [0.5, 0.6) is 0 Å². The maximum absolute atomic E-state index is 11.8. The van der Waals surface area contributed by atoms with Gasteiger partial charge in [0.1, 0.15) is 0 Å². The molecule has 0 bridgehead atoms. The molecule has 100 valence electrons. The molecule has 2 atom stereocenters. The molecule has 2 rings (SSSR count). The van der Waals surface area contributed by atoms with E-state index in [1.165, 1.54) is 0 Å². The first-order chi connectivity index (χ1) is 8.69. The van der Waals surface area contributed by atoms with E-state index in [0.29, 0.717) is 5.69 Å². The van der Waals surface area contributed by atoms with Gasteiger partial charge >= 0.3 is 6.03 Å². The highest BCUT2D eigenvalue weighted by molar-refractivity contribution is 5.89. The Balaban J connectivity index is 1.80. The van der Waals surface area contributed by atoms with Crippen molar-refractivity contribution in [1.82, 2.24) is 15.1 Å². The number of hydrogen-bond donors (Lipinski definition) is 2. The normalized spacial score (nSPS) is 20.7. The number of rotatable bonds is 4. The first kappa shape index (κ1) is 12.9. The van der Waals surface area contributed by atoms with Gasteiger partial charge < -0.3 is 15.4 Å².